The van der Waals surface area contributed by atoms with Crippen LogP contribution in [0.3, 0.4) is 0 Å². The van der Waals surface area contributed by atoms with Gasteiger partial charge in [0.05, 0.1) is 11.3 Å². The fourth-order valence-electron chi connectivity index (χ4n) is 3.24. The Labute approximate surface area is 174 Å². The van der Waals surface area contributed by atoms with Crippen LogP contribution in [-0.2, 0) is 0 Å². The number of carbonyl (C=O) groups is 1. The number of nitrogens with zero attached hydrogens (tertiary/aromatic N) is 3. The van der Waals surface area contributed by atoms with E-state index in [0.29, 0.717) is 23.6 Å². The highest BCUT2D eigenvalue weighted by atomic mass is 16.2. The van der Waals surface area contributed by atoms with E-state index >= 15 is 0 Å². The first kappa shape index (κ1) is 22.3. The Morgan fingerprint density at radius 2 is 1.97 bits per heavy atom. The molecule has 1 aromatic carbocycles. The third-order valence-electron chi connectivity index (χ3n) is 4.91. The van der Waals surface area contributed by atoms with E-state index in [1.807, 2.05) is 39.1 Å². The molecular weight excluding hydrogens is 364 g/mol. The molecule has 158 valence electrons. The number of benzene rings is 1. The minimum Gasteiger partial charge on any atom is -0.385 e. The lowest BCUT2D eigenvalue weighted by atomic mass is 10.1. The van der Waals surface area contributed by atoms with Gasteiger partial charge in [0.2, 0.25) is 0 Å². The summed E-state index contributed by atoms with van der Waals surface area (Å²) in [5.74, 6) is 0.346. The van der Waals surface area contributed by atoms with Gasteiger partial charge in [0.25, 0.3) is 5.91 Å². The maximum Gasteiger partial charge on any atom is 0.255 e. The molecule has 0 saturated carbocycles. The Bertz CT molecular complexity index is 884. The van der Waals surface area contributed by atoms with Crippen molar-refractivity contribution in [3.8, 4) is 0 Å². The van der Waals surface area contributed by atoms with Crippen molar-refractivity contribution >= 4 is 23.1 Å². The molecular formula is C22H34N6O. The van der Waals surface area contributed by atoms with E-state index in [9.17, 15) is 4.79 Å². The van der Waals surface area contributed by atoms with Crippen molar-refractivity contribution in [3.05, 3.63) is 46.8 Å². The number of amidine groups is 1. The van der Waals surface area contributed by atoms with Crippen molar-refractivity contribution in [3.63, 3.8) is 0 Å². The number of hydrogen-bond donors (Lipinski definition) is 3. The maximum atomic E-state index is 12.8. The quantitative estimate of drug-likeness (QED) is 0.445. The Kier molecular flexibility index (Phi) is 7.70. The molecule has 7 heteroatoms. The van der Waals surface area contributed by atoms with Crippen LogP contribution in [0.5, 0.6) is 0 Å². The second-order valence-corrected chi connectivity index (χ2v) is 7.26. The summed E-state index contributed by atoms with van der Waals surface area (Å²) in [5, 5.41) is 3.37. The highest BCUT2D eigenvalue weighted by molar-refractivity contribution is 6.04. The zero-order chi connectivity index (χ0) is 21.6. The first-order valence-corrected chi connectivity index (χ1v) is 10.2. The number of anilines is 1. The predicted molar refractivity (Wildman–Crippen MR) is 122 cm³/mol. The van der Waals surface area contributed by atoms with Gasteiger partial charge in [-0.1, -0.05) is 19.9 Å². The molecule has 0 saturated heterocycles. The van der Waals surface area contributed by atoms with E-state index < -0.39 is 0 Å². The first-order valence-electron chi connectivity index (χ1n) is 10.2. The molecule has 0 unspecified atom stereocenters. The number of aliphatic imine (C=N–C) groups is 1. The molecule has 1 heterocycles. The van der Waals surface area contributed by atoms with Crippen LogP contribution >= 0.6 is 0 Å². The van der Waals surface area contributed by atoms with Crippen LogP contribution in [0.2, 0.25) is 0 Å². The van der Waals surface area contributed by atoms with Gasteiger partial charge in [0.15, 0.2) is 0 Å². The Hall–Kier alpha value is -2.96. The first-order chi connectivity index (χ1) is 13.8. The van der Waals surface area contributed by atoms with Crippen LogP contribution in [-0.4, -0.2) is 48.5 Å². The summed E-state index contributed by atoms with van der Waals surface area (Å²) in [7, 11) is 3.61. The second-order valence-electron chi connectivity index (χ2n) is 7.26. The van der Waals surface area contributed by atoms with Gasteiger partial charge in [0.1, 0.15) is 11.5 Å². The second kappa shape index (κ2) is 10.0. The topological polar surface area (TPSA) is 87.7 Å². The molecule has 2 rings (SSSR count). The fraction of sp³-hybridized carbons (Fsp3) is 0.455. The number of carbonyl (C=O) groups excluding carboxylic acids is 1. The third kappa shape index (κ3) is 5.10. The SMILES string of the molecule is CCCNc1ccc(C)c(N=C(N)c2c(C)c(C(=O)N(C)CCC)cn2NC)c1. The molecule has 0 aliphatic heterocycles. The predicted octanol–water partition coefficient (Wildman–Crippen LogP) is 3.62. The van der Waals surface area contributed by atoms with E-state index in [-0.39, 0.29) is 5.91 Å². The van der Waals surface area contributed by atoms with Gasteiger partial charge < -0.3 is 21.4 Å². The molecule has 0 aliphatic carbocycles. The van der Waals surface area contributed by atoms with Gasteiger partial charge >= 0.3 is 0 Å². The van der Waals surface area contributed by atoms with Crippen molar-refractivity contribution in [1.82, 2.24) is 9.58 Å². The molecule has 1 amide bonds. The molecule has 0 radical (unpaired) electrons. The highest BCUT2D eigenvalue weighted by Crippen LogP contribution is 2.25. The Balaban J connectivity index is 2.45. The normalized spacial score (nSPS) is 11.4. The number of rotatable bonds is 9. The summed E-state index contributed by atoms with van der Waals surface area (Å²) >= 11 is 0. The lowest BCUT2D eigenvalue weighted by Gasteiger charge is -2.15. The molecule has 0 spiro atoms. The van der Waals surface area contributed by atoms with Crippen LogP contribution in [0, 0.1) is 13.8 Å². The third-order valence-corrected chi connectivity index (χ3v) is 4.91. The summed E-state index contributed by atoms with van der Waals surface area (Å²) in [6, 6.07) is 6.08. The van der Waals surface area contributed by atoms with E-state index in [1.165, 1.54) is 0 Å². The van der Waals surface area contributed by atoms with Crippen molar-refractivity contribution in [1.29, 1.82) is 0 Å². The molecule has 2 aromatic rings. The number of aromatic nitrogens is 1. The number of nitrogens with one attached hydrogen (secondary N) is 2. The van der Waals surface area contributed by atoms with E-state index in [2.05, 4.69) is 29.6 Å². The summed E-state index contributed by atoms with van der Waals surface area (Å²) in [5.41, 5.74) is 14.5. The highest BCUT2D eigenvalue weighted by Gasteiger charge is 2.22. The average molecular weight is 399 g/mol. The van der Waals surface area contributed by atoms with Gasteiger partial charge in [-0.15, -0.1) is 0 Å². The maximum absolute atomic E-state index is 12.8. The minimum absolute atomic E-state index is 0.0191. The Morgan fingerprint density at radius 3 is 2.59 bits per heavy atom. The summed E-state index contributed by atoms with van der Waals surface area (Å²) in [6.07, 6.45) is 3.74. The average Bonchev–Trinajstić information content (AvgIpc) is 3.04. The van der Waals surface area contributed by atoms with Gasteiger partial charge in [-0.25, -0.2) is 4.99 Å². The van der Waals surface area contributed by atoms with Crippen molar-refractivity contribution < 1.29 is 4.79 Å². The van der Waals surface area contributed by atoms with Gasteiger partial charge in [-0.05, 0) is 49.9 Å². The van der Waals surface area contributed by atoms with E-state index in [0.717, 1.165) is 41.9 Å². The molecule has 0 bridgehead atoms. The zero-order valence-corrected chi connectivity index (χ0v) is 18.5. The largest absolute Gasteiger partial charge is 0.385 e. The van der Waals surface area contributed by atoms with Crippen molar-refractivity contribution in [2.24, 2.45) is 10.7 Å². The van der Waals surface area contributed by atoms with Crippen LogP contribution in [0.1, 0.15) is 53.9 Å². The van der Waals surface area contributed by atoms with Gasteiger partial charge in [-0.2, -0.15) is 0 Å². The van der Waals surface area contributed by atoms with Crippen LogP contribution < -0.4 is 16.5 Å². The lowest BCUT2D eigenvalue weighted by Crippen LogP contribution is -2.27. The molecule has 0 fully saturated rings. The molecule has 0 atom stereocenters. The van der Waals surface area contributed by atoms with E-state index in [1.54, 1.807) is 22.8 Å². The summed E-state index contributed by atoms with van der Waals surface area (Å²) in [6.45, 7) is 9.71. The fourth-order valence-corrected chi connectivity index (χ4v) is 3.24. The van der Waals surface area contributed by atoms with Crippen molar-refractivity contribution in [2.75, 3.05) is 37.9 Å². The minimum atomic E-state index is -0.0191. The number of amides is 1. The van der Waals surface area contributed by atoms with Gasteiger partial charge in [-0.3, -0.25) is 9.47 Å². The van der Waals surface area contributed by atoms with Crippen molar-refractivity contribution in [2.45, 2.75) is 40.5 Å². The number of nitrogens with two attached hydrogens (primary N) is 1. The number of hydrogen-bond acceptors (Lipinski definition) is 4. The molecule has 29 heavy (non-hydrogen) atoms. The lowest BCUT2D eigenvalue weighted by molar-refractivity contribution is 0.0794. The van der Waals surface area contributed by atoms with E-state index in [4.69, 9.17) is 5.73 Å². The van der Waals surface area contributed by atoms with Crippen LogP contribution in [0.15, 0.2) is 29.4 Å². The molecule has 4 N–H and O–H groups in total. The molecule has 0 aliphatic rings. The Morgan fingerprint density at radius 1 is 1.24 bits per heavy atom. The van der Waals surface area contributed by atoms with Crippen LogP contribution in [0.25, 0.3) is 0 Å². The molecule has 7 nitrogen and oxygen atoms in total. The smallest absolute Gasteiger partial charge is 0.255 e. The number of aryl methyl sites for hydroxylation is 1. The molecule has 1 aromatic heterocycles. The summed E-state index contributed by atoms with van der Waals surface area (Å²) < 4.78 is 1.76. The van der Waals surface area contributed by atoms with Crippen LogP contribution in [0.4, 0.5) is 11.4 Å². The van der Waals surface area contributed by atoms with Gasteiger partial charge in [0, 0.05) is 39.1 Å². The monoisotopic (exact) mass is 398 g/mol. The standard InChI is InChI=1S/C22H34N6O/c1-7-11-25-17-10-9-15(3)19(13-17)26-21(23)20-16(4)18(14-28(20)24-5)22(29)27(6)12-8-2/h9-10,13-14,24-25H,7-8,11-12H2,1-6H3,(H2,23,26). The zero-order valence-electron chi connectivity index (χ0n) is 18.5. The summed E-state index contributed by atoms with van der Waals surface area (Å²) in [4.78, 5) is 19.2.